The summed E-state index contributed by atoms with van der Waals surface area (Å²) in [5.74, 6) is 0. The van der Waals surface area contributed by atoms with Gasteiger partial charge in [0.2, 0.25) is 0 Å². The van der Waals surface area contributed by atoms with E-state index in [4.69, 9.17) is 0 Å². The number of nitrogens with one attached hydrogen (secondary N) is 1. The Kier molecular flexibility index (Phi) is 4.57. The zero-order chi connectivity index (χ0) is 12.1. The van der Waals surface area contributed by atoms with E-state index in [1.54, 1.807) is 0 Å². The number of hydrogen-bond acceptors (Lipinski definition) is 3. The van der Waals surface area contributed by atoms with Crippen LogP contribution in [0.2, 0.25) is 0 Å². The quantitative estimate of drug-likeness (QED) is 0.758. The van der Waals surface area contributed by atoms with Crippen LogP contribution < -0.4 is 5.32 Å². The van der Waals surface area contributed by atoms with Gasteiger partial charge in [-0.3, -0.25) is 9.58 Å². The van der Waals surface area contributed by atoms with Crippen LogP contribution in [0.15, 0.2) is 12.3 Å². The van der Waals surface area contributed by atoms with Crippen LogP contribution >= 0.6 is 0 Å². The molecule has 1 unspecified atom stereocenters. The van der Waals surface area contributed by atoms with Crippen LogP contribution in [0.25, 0.3) is 0 Å². The second-order valence-corrected chi connectivity index (χ2v) is 4.95. The lowest BCUT2D eigenvalue weighted by Crippen LogP contribution is -2.37. The predicted octanol–water partition coefficient (Wildman–Crippen LogP) is 1.38. The van der Waals surface area contributed by atoms with Gasteiger partial charge < -0.3 is 5.32 Å². The Labute approximate surface area is 104 Å². The molecule has 2 heterocycles. The summed E-state index contributed by atoms with van der Waals surface area (Å²) in [4.78, 5) is 2.56. The molecular formula is C13H24N4. The zero-order valence-corrected chi connectivity index (χ0v) is 11.0. The molecular weight excluding hydrogens is 212 g/mol. The fourth-order valence-electron chi connectivity index (χ4n) is 2.54. The summed E-state index contributed by atoms with van der Waals surface area (Å²) in [7, 11) is 1.98. The molecule has 1 aliphatic rings. The average Bonchev–Trinajstić information content (AvgIpc) is 2.90. The first kappa shape index (κ1) is 12.6. The van der Waals surface area contributed by atoms with Crippen LogP contribution in [0, 0.1) is 0 Å². The van der Waals surface area contributed by atoms with E-state index in [0.29, 0.717) is 6.04 Å². The highest BCUT2D eigenvalue weighted by Crippen LogP contribution is 2.18. The summed E-state index contributed by atoms with van der Waals surface area (Å²) in [6, 6.07) is 2.82. The third kappa shape index (κ3) is 3.54. The second kappa shape index (κ2) is 6.17. The number of likely N-dealkylation sites (tertiary alicyclic amines) is 1. The molecule has 0 spiro atoms. The first-order chi connectivity index (χ1) is 8.29. The Hall–Kier alpha value is -0.870. The predicted molar refractivity (Wildman–Crippen MR) is 69.8 cm³/mol. The number of nitrogens with zero attached hydrogens (tertiary/aromatic N) is 3. The Morgan fingerprint density at radius 2 is 2.41 bits per heavy atom. The molecule has 0 saturated carbocycles. The lowest BCUT2D eigenvalue weighted by molar-refractivity contribution is 0.236. The molecule has 0 radical (unpaired) electrons. The van der Waals surface area contributed by atoms with Crippen molar-refractivity contribution in [2.45, 2.75) is 38.8 Å². The maximum absolute atomic E-state index is 4.46. The van der Waals surface area contributed by atoms with Crippen molar-refractivity contribution in [1.82, 2.24) is 20.0 Å². The molecule has 1 aliphatic heterocycles. The SMILES string of the molecule is CCCNCC1CCCN1Cc1ccn(C)n1. The molecule has 0 aromatic carbocycles. The minimum Gasteiger partial charge on any atom is -0.315 e. The number of rotatable bonds is 6. The van der Waals surface area contributed by atoms with Gasteiger partial charge in [-0.25, -0.2) is 0 Å². The number of hydrogen-bond donors (Lipinski definition) is 1. The lowest BCUT2D eigenvalue weighted by atomic mass is 10.2. The molecule has 0 bridgehead atoms. The summed E-state index contributed by atoms with van der Waals surface area (Å²) in [5, 5.41) is 7.99. The first-order valence-electron chi connectivity index (χ1n) is 6.73. The molecule has 1 aromatic heterocycles. The highest BCUT2D eigenvalue weighted by atomic mass is 15.3. The normalized spacial score (nSPS) is 21.2. The van der Waals surface area contributed by atoms with Crippen molar-refractivity contribution in [1.29, 1.82) is 0 Å². The van der Waals surface area contributed by atoms with Gasteiger partial charge in [0.05, 0.1) is 5.69 Å². The molecule has 0 aliphatic carbocycles. The van der Waals surface area contributed by atoms with Crippen molar-refractivity contribution in [2.75, 3.05) is 19.6 Å². The van der Waals surface area contributed by atoms with Crippen molar-refractivity contribution < 1.29 is 0 Å². The third-order valence-electron chi connectivity index (χ3n) is 3.44. The van der Waals surface area contributed by atoms with Crippen molar-refractivity contribution in [3.63, 3.8) is 0 Å². The van der Waals surface area contributed by atoms with Crippen molar-refractivity contribution in [2.24, 2.45) is 7.05 Å². The van der Waals surface area contributed by atoms with Crippen LogP contribution in [-0.2, 0) is 13.6 Å². The van der Waals surface area contributed by atoms with E-state index in [-0.39, 0.29) is 0 Å². The standard InChI is InChI=1S/C13H24N4/c1-3-7-14-10-13-5-4-8-17(13)11-12-6-9-16(2)15-12/h6,9,13-14H,3-5,7-8,10-11H2,1-2H3. The molecule has 0 amide bonds. The van der Waals surface area contributed by atoms with E-state index in [1.807, 2.05) is 17.9 Å². The lowest BCUT2D eigenvalue weighted by Gasteiger charge is -2.23. The maximum Gasteiger partial charge on any atom is 0.0764 e. The summed E-state index contributed by atoms with van der Waals surface area (Å²) in [6.07, 6.45) is 5.89. The Bertz CT molecular complexity index is 334. The molecule has 1 saturated heterocycles. The highest BCUT2D eigenvalue weighted by Gasteiger charge is 2.24. The average molecular weight is 236 g/mol. The summed E-state index contributed by atoms with van der Waals surface area (Å²) >= 11 is 0. The Morgan fingerprint density at radius 3 is 3.12 bits per heavy atom. The maximum atomic E-state index is 4.46. The van der Waals surface area contributed by atoms with Crippen LogP contribution in [0.5, 0.6) is 0 Å². The fourth-order valence-corrected chi connectivity index (χ4v) is 2.54. The van der Waals surface area contributed by atoms with Crippen LogP contribution in [0.3, 0.4) is 0 Å². The Balaban J connectivity index is 1.82. The van der Waals surface area contributed by atoms with E-state index >= 15 is 0 Å². The molecule has 1 N–H and O–H groups in total. The van der Waals surface area contributed by atoms with E-state index in [1.165, 1.54) is 31.5 Å². The Morgan fingerprint density at radius 1 is 1.53 bits per heavy atom. The summed E-state index contributed by atoms with van der Waals surface area (Å²) < 4.78 is 1.88. The van der Waals surface area contributed by atoms with Gasteiger partial charge in [-0.1, -0.05) is 6.92 Å². The molecule has 1 aromatic rings. The third-order valence-corrected chi connectivity index (χ3v) is 3.44. The van der Waals surface area contributed by atoms with Gasteiger partial charge in [0.25, 0.3) is 0 Å². The van der Waals surface area contributed by atoms with Gasteiger partial charge in [0.1, 0.15) is 0 Å². The van der Waals surface area contributed by atoms with Gasteiger partial charge in [-0.15, -0.1) is 0 Å². The topological polar surface area (TPSA) is 33.1 Å². The van der Waals surface area contributed by atoms with Crippen molar-refractivity contribution >= 4 is 0 Å². The second-order valence-electron chi connectivity index (χ2n) is 4.95. The van der Waals surface area contributed by atoms with Crippen LogP contribution in [0.1, 0.15) is 31.9 Å². The zero-order valence-electron chi connectivity index (χ0n) is 11.0. The van der Waals surface area contributed by atoms with Gasteiger partial charge in [0.15, 0.2) is 0 Å². The molecule has 4 heteroatoms. The highest BCUT2D eigenvalue weighted by molar-refractivity contribution is 5.00. The van der Waals surface area contributed by atoms with E-state index in [2.05, 4.69) is 28.3 Å². The van der Waals surface area contributed by atoms with Gasteiger partial charge in [-0.2, -0.15) is 5.10 Å². The molecule has 2 rings (SSSR count). The van der Waals surface area contributed by atoms with Crippen LogP contribution in [0.4, 0.5) is 0 Å². The van der Waals surface area contributed by atoms with Crippen molar-refractivity contribution in [3.8, 4) is 0 Å². The van der Waals surface area contributed by atoms with Gasteiger partial charge in [0, 0.05) is 32.4 Å². The van der Waals surface area contributed by atoms with E-state index < -0.39 is 0 Å². The van der Waals surface area contributed by atoms with Crippen molar-refractivity contribution in [3.05, 3.63) is 18.0 Å². The summed E-state index contributed by atoms with van der Waals surface area (Å²) in [5.41, 5.74) is 1.19. The largest absolute Gasteiger partial charge is 0.315 e. The first-order valence-corrected chi connectivity index (χ1v) is 6.73. The fraction of sp³-hybridized carbons (Fsp3) is 0.769. The van der Waals surface area contributed by atoms with Crippen LogP contribution in [-0.4, -0.2) is 40.4 Å². The number of aryl methyl sites for hydroxylation is 1. The van der Waals surface area contributed by atoms with Gasteiger partial charge >= 0.3 is 0 Å². The molecule has 1 fully saturated rings. The molecule has 4 nitrogen and oxygen atoms in total. The van der Waals surface area contributed by atoms with E-state index in [0.717, 1.165) is 19.6 Å². The number of aromatic nitrogens is 2. The minimum atomic E-state index is 0.698. The molecule has 1 atom stereocenters. The molecule has 17 heavy (non-hydrogen) atoms. The summed E-state index contributed by atoms with van der Waals surface area (Å²) in [6.45, 7) is 6.69. The molecule has 96 valence electrons. The van der Waals surface area contributed by atoms with Gasteiger partial charge in [-0.05, 0) is 38.4 Å². The monoisotopic (exact) mass is 236 g/mol. The smallest absolute Gasteiger partial charge is 0.0764 e. The minimum absolute atomic E-state index is 0.698. The van der Waals surface area contributed by atoms with E-state index in [9.17, 15) is 0 Å².